The molecule has 2 aromatic rings. The number of nitrogens with zero attached hydrogens (tertiary/aromatic N) is 1. The number of aryl methyl sites for hydroxylation is 1. The first-order chi connectivity index (χ1) is 8.58. The monoisotopic (exact) mass is 262 g/mol. The van der Waals surface area contributed by atoms with Crippen LogP contribution >= 0.6 is 11.3 Å². The molecule has 0 fully saturated rings. The minimum Gasteiger partial charge on any atom is -0.321 e. The Balaban J connectivity index is 2.21. The van der Waals surface area contributed by atoms with Crippen molar-refractivity contribution >= 4 is 28.6 Å². The number of rotatable bonds is 3. The number of carbonyl (C=O) groups is 1. The molecule has 92 valence electrons. The van der Waals surface area contributed by atoms with Crippen LogP contribution in [0.2, 0.25) is 0 Å². The smallest absolute Gasteiger partial charge is 0.272 e. The number of nitro groups is 1. The van der Waals surface area contributed by atoms with Gasteiger partial charge >= 0.3 is 0 Å². The molecule has 6 heteroatoms. The Morgan fingerprint density at radius 2 is 2.17 bits per heavy atom. The third kappa shape index (κ3) is 2.54. The minimum absolute atomic E-state index is 0.0158. The van der Waals surface area contributed by atoms with E-state index in [9.17, 15) is 14.9 Å². The molecule has 0 unspecified atom stereocenters. The average Bonchev–Trinajstić information content (AvgIpc) is 2.81. The van der Waals surface area contributed by atoms with Gasteiger partial charge in [0.15, 0.2) is 0 Å². The summed E-state index contributed by atoms with van der Waals surface area (Å²) in [7, 11) is 0. The summed E-state index contributed by atoms with van der Waals surface area (Å²) >= 11 is 1.48. The van der Waals surface area contributed by atoms with Gasteiger partial charge in [-0.25, -0.2) is 0 Å². The third-order valence-electron chi connectivity index (χ3n) is 2.43. The van der Waals surface area contributed by atoms with Crippen LogP contribution in [0.4, 0.5) is 11.4 Å². The second kappa shape index (κ2) is 4.97. The third-order valence-corrected chi connectivity index (χ3v) is 3.12. The molecule has 0 atom stereocenters. The normalized spacial score (nSPS) is 10.1. The van der Waals surface area contributed by atoms with Crippen molar-refractivity contribution in [3.63, 3.8) is 0 Å². The van der Waals surface area contributed by atoms with Crippen molar-refractivity contribution in [2.45, 2.75) is 6.92 Å². The standard InChI is InChI=1S/C12H10N2O3S/c1-8-6-9(2-3-11(8)14(16)17)12(15)13-10-4-5-18-7-10/h2-7H,1H3,(H,13,15). The fraction of sp³-hybridized carbons (Fsp3) is 0.0833. The number of thiophene rings is 1. The van der Waals surface area contributed by atoms with Gasteiger partial charge in [-0.05, 0) is 30.5 Å². The summed E-state index contributed by atoms with van der Waals surface area (Å²) < 4.78 is 0. The van der Waals surface area contributed by atoms with Gasteiger partial charge < -0.3 is 5.32 Å². The summed E-state index contributed by atoms with van der Waals surface area (Å²) in [5.74, 6) is -0.272. The molecule has 0 bridgehead atoms. The van der Waals surface area contributed by atoms with Crippen LogP contribution in [0, 0.1) is 17.0 Å². The number of hydrogen-bond donors (Lipinski definition) is 1. The molecular formula is C12H10N2O3S. The van der Waals surface area contributed by atoms with Crippen LogP contribution in [-0.4, -0.2) is 10.8 Å². The van der Waals surface area contributed by atoms with Crippen molar-refractivity contribution < 1.29 is 9.72 Å². The zero-order valence-electron chi connectivity index (χ0n) is 9.54. The molecule has 1 aromatic carbocycles. The Morgan fingerprint density at radius 1 is 1.39 bits per heavy atom. The molecule has 0 aliphatic rings. The molecule has 0 saturated heterocycles. The molecular weight excluding hydrogens is 252 g/mol. The lowest BCUT2D eigenvalue weighted by molar-refractivity contribution is -0.385. The van der Waals surface area contributed by atoms with Crippen molar-refractivity contribution in [3.8, 4) is 0 Å². The first-order valence-electron chi connectivity index (χ1n) is 5.16. The van der Waals surface area contributed by atoms with Crippen molar-refractivity contribution in [3.05, 3.63) is 56.3 Å². The van der Waals surface area contributed by atoms with Gasteiger partial charge in [-0.1, -0.05) is 0 Å². The largest absolute Gasteiger partial charge is 0.321 e. The van der Waals surface area contributed by atoms with E-state index in [1.165, 1.54) is 29.5 Å². The van der Waals surface area contributed by atoms with Crippen LogP contribution in [0.25, 0.3) is 0 Å². The molecule has 1 heterocycles. The molecule has 0 aliphatic carbocycles. The van der Waals surface area contributed by atoms with E-state index in [2.05, 4.69) is 5.32 Å². The quantitative estimate of drug-likeness (QED) is 0.681. The predicted molar refractivity (Wildman–Crippen MR) is 70.1 cm³/mol. The lowest BCUT2D eigenvalue weighted by atomic mass is 10.1. The van der Waals surface area contributed by atoms with Gasteiger partial charge in [0.25, 0.3) is 11.6 Å². The summed E-state index contributed by atoms with van der Waals surface area (Å²) in [5.41, 5.74) is 1.62. The topological polar surface area (TPSA) is 72.2 Å². The van der Waals surface area contributed by atoms with Crippen LogP contribution in [-0.2, 0) is 0 Å². The van der Waals surface area contributed by atoms with E-state index in [1.807, 2.05) is 10.8 Å². The molecule has 1 amide bonds. The summed E-state index contributed by atoms with van der Waals surface area (Å²) in [6, 6.07) is 6.10. The van der Waals surface area contributed by atoms with Gasteiger partial charge in [0, 0.05) is 22.6 Å². The molecule has 0 saturated carbocycles. The summed E-state index contributed by atoms with van der Waals surface area (Å²) in [6.07, 6.45) is 0. The lowest BCUT2D eigenvalue weighted by Gasteiger charge is -2.04. The van der Waals surface area contributed by atoms with Crippen molar-refractivity contribution in [1.29, 1.82) is 0 Å². The minimum atomic E-state index is -0.462. The van der Waals surface area contributed by atoms with Crippen LogP contribution in [0.5, 0.6) is 0 Å². The second-order valence-electron chi connectivity index (χ2n) is 3.72. The van der Waals surface area contributed by atoms with Gasteiger partial charge in [-0.15, -0.1) is 0 Å². The van der Waals surface area contributed by atoms with E-state index in [1.54, 1.807) is 13.0 Å². The van der Waals surface area contributed by atoms with E-state index >= 15 is 0 Å². The van der Waals surface area contributed by atoms with E-state index in [0.717, 1.165) is 5.69 Å². The molecule has 1 aromatic heterocycles. The molecule has 18 heavy (non-hydrogen) atoms. The first kappa shape index (κ1) is 12.3. The highest BCUT2D eigenvalue weighted by Gasteiger charge is 2.13. The average molecular weight is 262 g/mol. The first-order valence-corrected chi connectivity index (χ1v) is 6.11. The number of anilines is 1. The van der Waals surface area contributed by atoms with Gasteiger partial charge in [0.05, 0.1) is 10.6 Å². The number of nitro benzene ring substituents is 1. The van der Waals surface area contributed by atoms with Gasteiger partial charge in [0.2, 0.25) is 0 Å². The maximum Gasteiger partial charge on any atom is 0.272 e. The zero-order chi connectivity index (χ0) is 13.1. The highest BCUT2D eigenvalue weighted by Crippen LogP contribution is 2.20. The van der Waals surface area contributed by atoms with E-state index in [4.69, 9.17) is 0 Å². The number of amides is 1. The Labute approximate surface area is 107 Å². The number of benzene rings is 1. The molecule has 5 nitrogen and oxygen atoms in total. The molecule has 1 N–H and O–H groups in total. The lowest BCUT2D eigenvalue weighted by Crippen LogP contribution is -2.11. The molecule has 0 spiro atoms. The van der Waals surface area contributed by atoms with Gasteiger partial charge in [-0.3, -0.25) is 14.9 Å². The molecule has 0 radical (unpaired) electrons. The highest BCUT2D eigenvalue weighted by molar-refractivity contribution is 7.08. The van der Waals surface area contributed by atoms with E-state index in [-0.39, 0.29) is 11.6 Å². The fourth-order valence-corrected chi connectivity index (χ4v) is 2.13. The highest BCUT2D eigenvalue weighted by atomic mass is 32.1. The van der Waals surface area contributed by atoms with Crippen LogP contribution in [0.3, 0.4) is 0 Å². The maximum atomic E-state index is 11.9. The summed E-state index contributed by atoms with van der Waals surface area (Å²) in [5, 5.41) is 17.1. The Kier molecular flexibility index (Phi) is 3.38. The molecule has 2 rings (SSSR count). The van der Waals surface area contributed by atoms with Gasteiger partial charge in [-0.2, -0.15) is 11.3 Å². The number of carbonyl (C=O) groups excluding carboxylic acids is 1. The predicted octanol–water partition coefficient (Wildman–Crippen LogP) is 3.22. The van der Waals surface area contributed by atoms with Crippen molar-refractivity contribution in [1.82, 2.24) is 0 Å². The number of nitrogens with one attached hydrogen (secondary N) is 1. The van der Waals surface area contributed by atoms with E-state index in [0.29, 0.717) is 11.1 Å². The Morgan fingerprint density at radius 3 is 2.72 bits per heavy atom. The fourth-order valence-electron chi connectivity index (χ4n) is 1.54. The second-order valence-corrected chi connectivity index (χ2v) is 4.50. The summed E-state index contributed by atoms with van der Waals surface area (Å²) in [4.78, 5) is 22.1. The van der Waals surface area contributed by atoms with Crippen LogP contribution < -0.4 is 5.32 Å². The van der Waals surface area contributed by atoms with Crippen molar-refractivity contribution in [2.75, 3.05) is 5.32 Å². The zero-order valence-corrected chi connectivity index (χ0v) is 10.4. The Hall–Kier alpha value is -2.21. The Bertz CT molecular complexity index is 593. The van der Waals surface area contributed by atoms with Gasteiger partial charge in [0.1, 0.15) is 0 Å². The van der Waals surface area contributed by atoms with Crippen LogP contribution in [0.15, 0.2) is 35.0 Å². The summed E-state index contributed by atoms with van der Waals surface area (Å²) in [6.45, 7) is 1.61. The van der Waals surface area contributed by atoms with Crippen LogP contribution in [0.1, 0.15) is 15.9 Å². The van der Waals surface area contributed by atoms with E-state index < -0.39 is 4.92 Å². The van der Waals surface area contributed by atoms with Crippen molar-refractivity contribution in [2.24, 2.45) is 0 Å². The SMILES string of the molecule is Cc1cc(C(=O)Nc2ccsc2)ccc1[N+](=O)[O-]. The maximum absolute atomic E-state index is 11.9. The molecule has 0 aliphatic heterocycles. The number of hydrogen-bond acceptors (Lipinski definition) is 4.